The quantitative estimate of drug-likeness (QED) is 0.828. The van der Waals surface area contributed by atoms with Gasteiger partial charge >= 0.3 is 7.05 Å². The largest absolute Gasteiger partial charge is 0.437 e. The second-order valence-corrected chi connectivity index (χ2v) is 5.58. The minimum absolute atomic E-state index is 0.320. The van der Waals surface area contributed by atoms with Crippen LogP contribution in [0.25, 0.3) is 0 Å². The first-order valence-electron chi connectivity index (χ1n) is 6.91. The van der Waals surface area contributed by atoms with Gasteiger partial charge in [0.1, 0.15) is 5.82 Å². The van der Waals surface area contributed by atoms with Crippen LogP contribution >= 0.6 is 0 Å². The van der Waals surface area contributed by atoms with E-state index in [0.717, 1.165) is 31.2 Å². The van der Waals surface area contributed by atoms with Gasteiger partial charge in [0.25, 0.3) is 0 Å². The standard InChI is InChI=1S/C13H24BN3O/c1-10-11(2)17(12(3)15-10)9-13-6-5-7-16(8-13)14(4)18/h13,18H,5-9H2,1-4H3. The Balaban J connectivity index is 2.05. The maximum Gasteiger partial charge on any atom is 0.376 e. The minimum atomic E-state index is -0.320. The highest BCUT2D eigenvalue weighted by Gasteiger charge is 2.25. The highest BCUT2D eigenvalue weighted by molar-refractivity contribution is 6.45. The smallest absolute Gasteiger partial charge is 0.376 e. The number of rotatable bonds is 3. The average Bonchev–Trinajstić information content (AvgIpc) is 2.56. The maximum atomic E-state index is 9.68. The van der Waals surface area contributed by atoms with Crippen LogP contribution in [0.5, 0.6) is 0 Å². The van der Waals surface area contributed by atoms with Gasteiger partial charge in [0.05, 0.1) is 5.69 Å². The SMILES string of the molecule is CB(O)N1CCCC(Cn2c(C)nc(C)c2C)C1. The fraction of sp³-hybridized carbons (Fsp3) is 0.769. The van der Waals surface area contributed by atoms with Crippen molar-refractivity contribution in [1.82, 2.24) is 14.4 Å². The van der Waals surface area contributed by atoms with Gasteiger partial charge in [-0.25, -0.2) is 4.98 Å². The molecule has 0 spiro atoms. The van der Waals surface area contributed by atoms with Crippen LogP contribution in [0.4, 0.5) is 0 Å². The highest BCUT2D eigenvalue weighted by atomic mass is 16.2. The van der Waals surface area contributed by atoms with Gasteiger partial charge in [0.15, 0.2) is 0 Å². The molecule has 1 fully saturated rings. The molecule has 0 saturated carbocycles. The molecule has 1 aliphatic heterocycles. The Labute approximate surface area is 110 Å². The van der Waals surface area contributed by atoms with Gasteiger partial charge < -0.3 is 14.4 Å². The van der Waals surface area contributed by atoms with Crippen LogP contribution in [0.15, 0.2) is 0 Å². The molecule has 0 aliphatic carbocycles. The van der Waals surface area contributed by atoms with E-state index in [1.807, 2.05) is 6.82 Å². The summed E-state index contributed by atoms with van der Waals surface area (Å²) in [6.45, 7) is 11.2. The Morgan fingerprint density at radius 1 is 1.39 bits per heavy atom. The van der Waals surface area contributed by atoms with Crippen molar-refractivity contribution in [2.24, 2.45) is 5.92 Å². The molecule has 1 unspecified atom stereocenters. The van der Waals surface area contributed by atoms with E-state index < -0.39 is 0 Å². The summed E-state index contributed by atoms with van der Waals surface area (Å²) in [6.07, 6.45) is 2.43. The van der Waals surface area contributed by atoms with Crippen LogP contribution in [0.3, 0.4) is 0 Å². The maximum absolute atomic E-state index is 9.68. The lowest BCUT2D eigenvalue weighted by Crippen LogP contribution is -2.45. The molecule has 1 aliphatic rings. The third-order valence-corrected chi connectivity index (χ3v) is 4.17. The second kappa shape index (κ2) is 5.45. The predicted octanol–water partition coefficient (Wildman–Crippen LogP) is 1.63. The normalized spacial score (nSPS) is 21.3. The Hall–Kier alpha value is -0.805. The summed E-state index contributed by atoms with van der Waals surface area (Å²) in [5, 5.41) is 9.68. The van der Waals surface area contributed by atoms with Gasteiger partial charge in [-0.2, -0.15) is 0 Å². The van der Waals surface area contributed by atoms with Gasteiger partial charge in [-0.15, -0.1) is 0 Å². The predicted molar refractivity (Wildman–Crippen MR) is 74.6 cm³/mol. The lowest BCUT2D eigenvalue weighted by atomic mass is 9.80. The molecule has 4 nitrogen and oxygen atoms in total. The average molecular weight is 249 g/mol. The molecule has 100 valence electrons. The fourth-order valence-electron chi connectivity index (χ4n) is 2.93. The van der Waals surface area contributed by atoms with Crippen molar-refractivity contribution >= 4 is 7.05 Å². The first kappa shape index (κ1) is 13.6. The summed E-state index contributed by atoms with van der Waals surface area (Å²) in [5.41, 5.74) is 2.41. The van der Waals surface area contributed by atoms with Crippen LogP contribution in [0.1, 0.15) is 30.1 Å². The Morgan fingerprint density at radius 2 is 2.11 bits per heavy atom. The molecule has 1 saturated heterocycles. The van der Waals surface area contributed by atoms with Gasteiger partial charge in [-0.05, 0) is 59.4 Å². The number of nitrogens with zero attached hydrogens (tertiary/aromatic N) is 3. The molecule has 0 amide bonds. The van der Waals surface area contributed by atoms with Crippen molar-refractivity contribution < 1.29 is 5.02 Å². The van der Waals surface area contributed by atoms with Crippen molar-refractivity contribution in [2.45, 2.75) is 47.0 Å². The molecular formula is C13H24BN3O. The van der Waals surface area contributed by atoms with Crippen molar-refractivity contribution in [2.75, 3.05) is 13.1 Å². The molecule has 18 heavy (non-hydrogen) atoms. The lowest BCUT2D eigenvalue weighted by molar-refractivity contribution is 0.223. The number of hydrogen-bond acceptors (Lipinski definition) is 3. The van der Waals surface area contributed by atoms with Gasteiger partial charge in [0.2, 0.25) is 0 Å². The van der Waals surface area contributed by atoms with E-state index in [1.165, 1.54) is 18.5 Å². The molecular weight excluding hydrogens is 225 g/mol. The van der Waals surface area contributed by atoms with E-state index in [1.54, 1.807) is 0 Å². The van der Waals surface area contributed by atoms with E-state index in [2.05, 4.69) is 35.1 Å². The molecule has 1 N–H and O–H groups in total. The van der Waals surface area contributed by atoms with E-state index >= 15 is 0 Å². The first-order valence-corrected chi connectivity index (χ1v) is 6.91. The van der Waals surface area contributed by atoms with Crippen LogP contribution < -0.4 is 0 Å². The first-order chi connectivity index (χ1) is 8.49. The molecule has 1 aromatic heterocycles. The Bertz CT molecular complexity index is 417. The summed E-state index contributed by atoms with van der Waals surface area (Å²) in [5.74, 6) is 1.73. The minimum Gasteiger partial charge on any atom is -0.437 e. The van der Waals surface area contributed by atoms with E-state index in [0.29, 0.717) is 5.92 Å². The zero-order valence-corrected chi connectivity index (χ0v) is 12.0. The van der Waals surface area contributed by atoms with Crippen LogP contribution in [-0.4, -0.2) is 39.5 Å². The van der Waals surface area contributed by atoms with Gasteiger partial charge in [-0.3, -0.25) is 0 Å². The molecule has 1 atom stereocenters. The topological polar surface area (TPSA) is 41.3 Å². The third-order valence-electron chi connectivity index (χ3n) is 4.17. The van der Waals surface area contributed by atoms with Gasteiger partial charge in [0, 0.05) is 12.2 Å². The number of aryl methyl sites for hydroxylation is 2. The lowest BCUT2D eigenvalue weighted by Gasteiger charge is -2.34. The monoisotopic (exact) mass is 249 g/mol. The van der Waals surface area contributed by atoms with E-state index in [9.17, 15) is 5.02 Å². The zero-order chi connectivity index (χ0) is 13.3. The molecule has 2 heterocycles. The van der Waals surface area contributed by atoms with E-state index in [4.69, 9.17) is 0 Å². The molecule has 0 aromatic carbocycles. The second-order valence-electron chi connectivity index (χ2n) is 5.58. The van der Waals surface area contributed by atoms with Crippen LogP contribution in [0.2, 0.25) is 6.82 Å². The van der Waals surface area contributed by atoms with Crippen molar-refractivity contribution in [3.05, 3.63) is 17.2 Å². The summed E-state index contributed by atoms with van der Waals surface area (Å²) >= 11 is 0. The molecule has 0 bridgehead atoms. The Kier molecular flexibility index (Phi) is 4.12. The number of hydrogen-bond donors (Lipinski definition) is 1. The van der Waals surface area contributed by atoms with Crippen LogP contribution in [0, 0.1) is 26.7 Å². The Morgan fingerprint density at radius 3 is 2.67 bits per heavy atom. The highest BCUT2D eigenvalue weighted by Crippen LogP contribution is 2.21. The van der Waals surface area contributed by atoms with E-state index in [-0.39, 0.29) is 7.05 Å². The zero-order valence-electron chi connectivity index (χ0n) is 12.0. The fourth-order valence-corrected chi connectivity index (χ4v) is 2.93. The third kappa shape index (κ3) is 2.78. The summed E-state index contributed by atoms with van der Waals surface area (Å²) in [4.78, 5) is 6.70. The van der Waals surface area contributed by atoms with Gasteiger partial charge in [-0.1, -0.05) is 0 Å². The van der Waals surface area contributed by atoms with Crippen molar-refractivity contribution in [3.8, 4) is 0 Å². The molecule has 1 aromatic rings. The molecule has 2 rings (SSSR count). The number of imidazole rings is 1. The summed E-state index contributed by atoms with van der Waals surface area (Å²) in [7, 11) is -0.320. The van der Waals surface area contributed by atoms with Crippen LogP contribution in [-0.2, 0) is 6.54 Å². The summed E-state index contributed by atoms with van der Waals surface area (Å²) in [6, 6.07) is 0. The van der Waals surface area contributed by atoms with Crippen molar-refractivity contribution in [3.63, 3.8) is 0 Å². The molecule has 0 radical (unpaired) electrons. The number of piperidine rings is 1. The summed E-state index contributed by atoms with van der Waals surface area (Å²) < 4.78 is 2.32. The number of aromatic nitrogens is 2. The molecule has 5 heteroatoms. The van der Waals surface area contributed by atoms with Crippen molar-refractivity contribution in [1.29, 1.82) is 0 Å².